The van der Waals surface area contributed by atoms with E-state index in [0.717, 1.165) is 10.4 Å². The molecule has 2 rings (SSSR count). The van der Waals surface area contributed by atoms with Gasteiger partial charge in [0.15, 0.2) is 0 Å². The Morgan fingerprint density at radius 2 is 2.00 bits per heavy atom. The molecule has 5 heteroatoms. The Hall–Kier alpha value is -2.16. The summed E-state index contributed by atoms with van der Waals surface area (Å²) in [5.74, 6) is -0.101. The second kappa shape index (κ2) is 7.21. The average Bonchev–Trinajstić information content (AvgIpc) is 2.73. The molecule has 0 bridgehead atoms. The molecule has 1 amide bonds. The number of hydrogen-bond acceptors (Lipinski definition) is 4. The van der Waals surface area contributed by atoms with E-state index in [0.29, 0.717) is 17.1 Å². The van der Waals surface area contributed by atoms with Gasteiger partial charge in [-0.25, -0.2) is 0 Å². The number of anilines is 1. The van der Waals surface area contributed by atoms with Crippen LogP contribution >= 0.6 is 11.3 Å². The van der Waals surface area contributed by atoms with Crippen molar-refractivity contribution in [3.63, 3.8) is 0 Å². The van der Waals surface area contributed by atoms with E-state index in [1.54, 1.807) is 0 Å². The second-order valence-corrected chi connectivity index (χ2v) is 6.53. The summed E-state index contributed by atoms with van der Waals surface area (Å²) in [6.07, 6.45) is 0. The van der Waals surface area contributed by atoms with Crippen molar-refractivity contribution >= 4 is 22.2 Å². The third kappa shape index (κ3) is 3.94. The Bertz CT molecular complexity index is 701. The van der Waals surface area contributed by atoms with E-state index in [1.165, 1.54) is 16.9 Å². The van der Waals surface area contributed by atoms with Crippen LogP contribution in [0.2, 0.25) is 0 Å². The SMILES string of the molecule is Cc1sc(NC(=O)CN(C)Cc2ccccc2)c(C#N)c1C. The van der Waals surface area contributed by atoms with Gasteiger partial charge < -0.3 is 5.32 Å². The molecule has 0 aliphatic rings. The van der Waals surface area contributed by atoms with E-state index in [1.807, 2.05) is 56.1 Å². The maximum absolute atomic E-state index is 12.1. The van der Waals surface area contributed by atoms with Crippen LogP contribution in [0.4, 0.5) is 5.00 Å². The summed E-state index contributed by atoms with van der Waals surface area (Å²) < 4.78 is 0. The van der Waals surface area contributed by atoms with Crippen LogP contribution in [0.25, 0.3) is 0 Å². The predicted octanol–water partition coefficient (Wildman–Crippen LogP) is 3.31. The molecule has 2 aromatic rings. The van der Waals surface area contributed by atoms with Crippen LogP contribution in [-0.4, -0.2) is 24.4 Å². The van der Waals surface area contributed by atoms with E-state index in [4.69, 9.17) is 0 Å². The first-order valence-electron chi connectivity index (χ1n) is 7.03. The van der Waals surface area contributed by atoms with Crippen LogP contribution in [0, 0.1) is 25.2 Å². The highest BCUT2D eigenvalue weighted by Crippen LogP contribution is 2.31. The van der Waals surface area contributed by atoms with Crippen molar-refractivity contribution in [3.05, 3.63) is 51.9 Å². The molecule has 0 unspecified atom stereocenters. The smallest absolute Gasteiger partial charge is 0.239 e. The molecule has 0 radical (unpaired) electrons. The van der Waals surface area contributed by atoms with E-state index in [2.05, 4.69) is 11.4 Å². The number of aryl methyl sites for hydroxylation is 1. The number of amides is 1. The standard InChI is InChI=1S/C17H19N3OS/c1-12-13(2)22-17(15(12)9-18)19-16(21)11-20(3)10-14-7-5-4-6-8-14/h4-8H,10-11H2,1-3H3,(H,19,21). The van der Waals surface area contributed by atoms with Crippen LogP contribution in [-0.2, 0) is 11.3 Å². The van der Waals surface area contributed by atoms with Crippen molar-refractivity contribution in [1.82, 2.24) is 4.90 Å². The highest BCUT2D eigenvalue weighted by atomic mass is 32.1. The van der Waals surface area contributed by atoms with Crippen molar-refractivity contribution in [2.24, 2.45) is 0 Å². The lowest BCUT2D eigenvalue weighted by Crippen LogP contribution is -2.29. The lowest BCUT2D eigenvalue weighted by atomic mass is 10.2. The minimum Gasteiger partial charge on any atom is -0.315 e. The molecule has 0 saturated heterocycles. The van der Waals surface area contributed by atoms with Gasteiger partial charge in [0.2, 0.25) is 5.91 Å². The van der Waals surface area contributed by atoms with Crippen molar-refractivity contribution in [3.8, 4) is 6.07 Å². The Kier molecular flexibility index (Phi) is 5.31. The molecule has 1 aromatic heterocycles. The molecule has 1 N–H and O–H groups in total. The molecule has 0 aliphatic carbocycles. The second-order valence-electron chi connectivity index (χ2n) is 5.31. The molecule has 0 aliphatic heterocycles. The van der Waals surface area contributed by atoms with E-state index in [-0.39, 0.29) is 12.5 Å². The number of likely N-dealkylation sites (N-methyl/N-ethyl adjacent to an activating group) is 1. The quantitative estimate of drug-likeness (QED) is 0.921. The lowest BCUT2D eigenvalue weighted by Gasteiger charge is -2.16. The van der Waals surface area contributed by atoms with Gasteiger partial charge >= 0.3 is 0 Å². The molecule has 4 nitrogen and oxygen atoms in total. The monoisotopic (exact) mass is 313 g/mol. The van der Waals surface area contributed by atoms with Crippen LogP contribution < -0.4 is 5.32 Å². The van der Waals surface area contributed by atoms with E-state index >= 15 is 0 Å². The number of nitrogens with one attached hydrogen (secondary N) is 1. The van der Waals surface area contributed by atoms with Crippen LogP contribution in [0.1, 0.15) is 21.6 Å². The van der Waals surface area contributed by atoms with Gasteiger partial charge in [0.1, 0.15) is 11.1 Å². The first-order chi connectivity index (χ1) is 10.5. The van der Waals surface area contributed by atoms with Gasteiger partial charge in [0.25, 0.3) is 0 Å². The topological polar surface area (TPSA) is 56.1 Å². The van der Waals surface area contributed by atoms with Gasteiger partial charge in [-0.2, -0.15) is 5.26 Å². The number of hydrogen-bond donors (Lipinski definition) is 1. The summed E-state index contributed by atoms with van der Waals surface area (Å²) in [5.41, 5.74) is 2.68. The van der Waals surface area contributed by atoms with Gasteiger partial charge in [-0.3, -0.25) is 9.69 Å². The first kappa shape index (κ1) is 16.2. The van der Waals surface area contributed by atoms with Crippen LogP contribution in [0.15, 0.2) is 30.3 Å². The Labute approximate surface area is 135 Å². The summed E-state index contributed by atoms with van der Waals surface area (Å²) in [6, 6.07) is 12.2. The predicted molar refractivity (Wildman–Crippen MR) is 89.9 cm³/mol. The van der Waals surface area contributed by atoms with Gasteiger partial charge in [0.05, 0.1) is 12.1 Å². The van der Waals surface area contributed by atoms with Crippen LogP contribution in [0.5, 0.6) is 0 Å². The fourth-order valence-corrected chi connectivity index (χ4v) is 3.24. The summed E-state index contributed by atoms with van der Waals surface area (Å²) in [7, 11) is 1.91. The Balaban J connectivity index is 1.96. The van der Waals surface area contributed by atoms with Crippen molar-refractivity contribution in [1.29, 1.82) is 5.26 Å². The highest BCUT2D eigenvalue weighted by molar-refractivity contribution is 7.16. The van der Waals surface area contributed by atoms with Gasteiger partial charge in [-0.1, -0.05) is 30.3 Å². The zero-order valence-corrected chi connectivity index (χ0v) is 13.8. The molecule has 0 atom stereocenters. The van der Waals surface area contributed by atoms with Gasteiger partial charge in [-0.15, -0.1) is 11.3 Å². The molecular weight excluding hydrogens is 294 g/mol. The third-order valence-electron chi connectivity index (χ3n) is 3.46. The molecule has 22 heavy (non-hydrogen) atoms. The minimum atomic E-state index is -0.101. The summed E-state index contributed by atoms with van der Waals surface area (Å²) >= 11 is 1.45. The molecule has 0 fully saturated rings. The Morgan fingerprint density at radius 3 is 2.64 bits per heavy atom. The average molecular weight is 313 g/mol. The minimum absolute atomic E-state index is 0.101. The summed E-state index contributed by atoms with van der Waals surface area (Å²) in [4.78, 5) is 15.2. The molecule has 1 heterocycles. The number of thiophene rings is 1. The largest absolute Gasteiger partial charge is 0.315 e. The number of benzene rings is 1. The zero-order chi connectivity index (χ0) is 16.1. The lowest BCUT2D eigenvalue weighted by molar-refractivity contribution is -0.117. The fourth-order valence-electron chi connectivity index (χ4n) is 2.21. The maximum atomic E-state index is 12.1. The summed E-state index contributed by atoms with van der Waals surface area (Å²) in [5, 5.41) is 12.7. The number of carbonyl (C=O) groups excluding carboxylic acids is 1. The first-order valence-corrected chi connectivity index (χ1v) is 7.85. The van der Waals surface area contributed by atoms with Crippen molar-refractivity contribution < 1.29 is 4.79 Å². The van der Waals surface area contributed by atoms with Crippen LogP contribution in [0.3, 0.4) is 0 Å². The van der Waals surface area contributed by atoms with Crippen molar-refractivity contribution in [2.45, 2.75) is 20.4 Å². The summed E-state index contributed by atoms with van der Waals surface area (Å²) in [6.45, 7) is 4.86. The molecule has 0 saturated carbocycles. The number of nitrogens with zero attached hydrogens (tertiary/aromatic N) is 2. The molecule has 1 aromatic carbocycles. The number of rotatable bonds is 5. The van der Waals surface area contributed by atoms with E-state index in [9.17, 15) is 10.1 Å². The zero-order valence-electron chi connectivity index (χ0n) is 13.0. The number of nitriles is 1. The van der Waals surface area contributed by atoms with Gasteiger partial charge in [0, 0.05) is 11.4 Å². The van der Waals surface area contributed by atoms with Gasteiger partial charge in [-0.05, 0) is 32.0 Å². The fraction of sp³-hybridized carbons (Fsp3) is 0.294. The Morgan fingerprint density at radius 1 is 1.32 bits per heavy atom. The van der Waals surface area contributed by atoms with Crippen molar-refractivity contribution in [2.75, 3.05) is 18.9 Å². The normalized spacial score (nSPS) is 10.5. The molecule has 114 valence electrons. The third-order valence-corrected chi connectivity index (χ3v) is 4.58. The van der Waals surface area contributed by atoms with E-state index < -0.39 is 0 Å². The maximum Gasteiger partial charge on any atom is 0.239 e. The molecule has 0 spiro atoms. The molecular formula is C17H19N3OS. The number of carbonyl (C=O) groups is 1. The highest BCUT2D eigenvalue weighted by Gasteiger charge is 2.15.